The van der Waals surface area contributed by atoms with Gasteiger partial charge in [-0.1, -0.05) is 18.2 Å². The number of nitrogens with two attached hydrogens (primary N) is 1. The Morgan fingerprint density at radius 2 is 1.82 bits per heavy atom. The van der Waals surface area contributed by atoms with E-state index in [9.17, 15) is 9.18 Å². The number of halogens is 1. The Balaban J connectivity index is 1.67. The number of ether oxygens (including phenoxy) is 2. The van der Waals surface area contributed by atoms with Crippen LogP contribution in [0.1, 0.15) is 59.6 Å². The van der Waals surface area contributed by atoms with Crippen molar-refractivity contribution in [3.05, 3.63) is 107 Å². The molecule has 1 unspecified atom stereocenters. The molecule has 200 valence electrons. The molecular weight excluding hydrogens is 495 g/mol. The van der Waals surface area contributed by atoms with Crippen molar-refractivity contribution in [2.75, 3.05) is 12.4 Å². The lowest BCUT2D eigenvalue weighted by molar-refractivity contribution is 0.0701. The van der Waals surface area contributed by atoms with E-state index in [2.05, 4.69) is 32.2 Å². The molecule has 5 rings (SSSR count). The highest BCUT2D eigenvalue weighted by Crippen LogP contribution is 2.46. The monoisotopic (exact) mass is 526 g/mol. The molecule has 0 bridgehead atoms. The number of esters is 1. The van der Waals surface area contributed by atoms with Crippen LogP contribution in [0.4, 0.5) is 10.1 Å². The fraction of sp³-hybridized carbons (Fsp3) is 0.219. The standard InChI is InChI=1S/C32H31FN2O4/c1-18-8-9-20(33)15-24(18)30(34)29-23(12-13-25-28(29)19(2)17-32(3,4)35-25)22-11-10-21(16-27(22)37-5)39-31(36)26-7-6-14-38-26/h6-17,30,35H,34H2,1-5H3. The van der Waals surface area contributed by atoms with Gasteiger partial charge in [0.25, 0.3) is 0 Å². The normalized spacial score (nSPS) is 14.6. The maximum atomic E-state index is 14.4. The number of allylic oxidation sites excluding steroid dienone is 1. The Morgan fingerprint density at radius 3 is 2.54 bits per heavy atom. The lowest BCUT2D eigenvalue weighted by Gasteiger charge is -2.35. The van der Waals surface area contributed by atoms with Crippen molar-refractivity contribution >= 4 is 17.2 Å². The van der Waals surface area contributed by atoms with E-state index in [-0.39, 0.29) is 17.1 Å². The van der Waals surface area contributed by atoms with E-state index in [1.54, 1.807) is 31.4 Å². The number of anilines is 1. The van der Waals surface area contributed by atoms with Crippen molar-refractivity contribution in [1.29, 1.82) is 0 Å². The number of hydrogen-bond donors (Lipinski definition) is 2. The molecule has 3 N–H and O–H groups in total. The van der Waals surface area contributed by atoms with Crippen LogP contribution >= 0.6 is 0 Å². The van der Waals surface area contributed by atoms with Crippen molar-refractivity contribution in [1.82, 2.24) is 0 Å². The molecule has 2 heterocycles. The van der Waals surface area contributed by atoms with Crippen LogP contribution in [0.3, 0.4) is 0 Å². The van der Waals surface area contributed by atoms with Crippen LogP contribution in [0, 0.1) is 12.7 Å². The van der Waals surface area contributed by atoms with E-state index in [1.165, 1.54) is 24.5 Å². The van der Waals surface area contributed by atoms with Gasteiger partial charge in [-0.2, -0.15) is 0 Å². The number of carbonyl (C=O) groups is 1. The first kappa shape index (κ1) is 26.3. The molecule has 3 aromatic carbocycles. The molecule has 39 heavy (non-hydrogen) atoms. The molecule has 6 nitrogen and oxygen atoms in total. The second-order valence-electron chi connectivity index (χ2n) is 10.3. The number of furan rings is 1. The first-order valence-corrected chi connectivity index (χ1v) is 12.7. The Labute approximate surface area is 227 Å². The van der Waals surface area contributed by atoms with Gasteiger partial charge in [-0.15, -0.1) is 0 Å². The maximum Gasteiger partial charge on any atom is 0.379 e. The largest absolute Gasteiger partial charge is 0.496 e. The second-order valence-corrected chi connectivity index (χ2v) is 10.3. The number of rotatable bonds is 6. The SMILES string of the molecule is COc1cc(OC(=O)c2ccco2)ccc1-c1ccc2c(c1C(N)c1cc(F)ccc1C)C(C)=CC(C)(C)N2. The lowest BCUT2D eigenvalue weighted by Crippen LogP contribution is -2.32. The third-order valence-corrected chi connectivity index (χ3v) is 6.96. The van der Waals surface area contributed by atoms with Gasteiger partial charge in [0.2, 0.25) is 5.76 Å². The molecule has 0 saturated carbocycles. The number of nitrogens with one attached hydrogen (secondary N) is 1. The summed E-state index contributed by atoms with van der Waals surface area (Å²) in [6.07, 6.45) is 3.58. The molecule has 0 spiro atoms. The molecule has 0 aliphatic carbocycles. The van der Waals surface area contributed by atoms with Gasteiger partial charge < -0.3 is 24.9 Å². The molecule has 1 aromatic heterocycles. The number of carbonyl (C=O) groups excluding carboxylic acids is 1. The maximum absolute atomic E-state index is 14.4. The van der Waals surface area contributed by atoms with Crippen LogP contribution in [-0.4, -0.2) is 18.6 Å². The minimum absolute atomic E-state index is 0.101. The van der Waals surface area contributed by atoms with Crippen molar-refractivity contribution in [3.8, 4) is 22.6 Å². The number of methoxy groups -OCH3 is 1. The topological polar surface area (TPSA) is 86.7 Å². The summed E-state index contributed by atoms with van der Waals surface area (Å²) in [5, 5.41) is 3.59. The van der Waals surface area contributed by atoms with E-state index in [1.807, 2.05) is 25.1 Å². The van der Waals surface area contributed by atoms with Crippen molar-refractivity contribution in [2.24, 2.45) is 5.73 Å². The van der Waals surface area contributed by atoms with E-state index < -0.39 is 12.0 Å². The Kier molecular flexibility index (Phi) is 6.78. The molecule has 0 fully saturated rings. The zero-order valence-corrected chi connectivity index (χ0v) is 22.6. The van der Waals surface area contributed by atoms with Gasteiger partial charge in [0, 0.05) is 22.9 Å². The highest BCUT2D eigenvalue weighted by molar-refractivity contribution is 5.90. The van der Waals surface area contributed by atoms with Gasteiger partial charge in [0.05, 0.1) is 25.0 Å². The van der Waals surface area contributed by atoms with Gasteiger partial charge in [-0.3, -0.25) is 0 Å². The highest BCUT2D eigenvalue weighted by Gasteiger charge is 2.30. The van der Waals surface area contributed by atoms with Gasteiger partial charge >= 0.3 is 5.97 Å². The van der Waals surface area contributed by atoms with Gasteiger partial charge in [-0.05, 0) is 98.0 Å². The zero-order valence-electron chi connectivity index (χ0n) is 22.6. The van der Waals surface area contributed by atoms with Crippen LogP contribution in [0.25, 0.3) is 16.7 Å². The molecule has 0 radical (unpaired) electrons. The van der Waals surface area contributed by atoms with Gasteiger partial charge in [0.15, 0.2) is 0 Å². The van der Waals surface area contributed by atoms with Crippen molar-refractivity contribution in [3.63, 3.8) is 0 Å². The highest BCUT2D eigenvalue weighted by atomic mass is 19.1. The molecule has 1 atom stereocenters. The zero-order chi connectivity index (χ0) is 27.9. The summed E-state index contributed by atoms with van der Waals surface area (Å²) in [7, 11) is 1.56. The molecule has 0 saturated heterocycles. The lowest BCUT2D eigenvalue weighted by atomic mass is 9.80. The summed E-state index contributed by atoms with van der Waals surface area (Å²) in [6.45, 7) is 8.20. The second kappa shape index (κ2) is 10.1. The number of fused-ring (bicyclic) bond motifs is 1. The van der Waals surface area contributed by atoms with E-state index in [0.29, 0.717) is 17.1 Å². The molecule has 0 amide bonds. The van der Waals surface area contributed by atoms with E-state index >= 15 is 0 Å². The molecular formula is C32H31FN2O4. The Bertz CT molecular complexity index is 1590. The van der Waals surface area contributed by atoms with Crippen LogP contribution in [0.5, 0.6) is 11.5 Å². The van der Waals surface area contributed by atoms with Crippen LogP contribution in [0.15, 0.2) is 77.4 Å². The quantitative estimate of drug-likeness (QED) is 0.203. The number of benzene rings is 3. The van der Waals surface area contributed by atoms with Crippen LogP contribution in [0.2, 0.25) is 0 Å². The minimum atomic E-state index is -0.627. The molecule has 7 heteroatoms. The summed E-state index contributed by atoms with van der Waals surface area (Å²) in [5.74, 6) is -0.0493. The fourth-order valence-electron chi connectivity index (χ4n) is 5.31. The average Bonchev–Trinajstić information content (AvgIpc) is 3.44. The third kappa shape index (κ3) is 5.05. The Morgan fingerprint density at radius 1 is 1.05 bits per heavy atom. The fourth-order valence-corrected chi connectivity index (χ4v) is 5.31. The first-order valence-electron chi connectivity index (χ1n) is 12.7. The molecule has 4 aromatic rings. The van der Waals surface area contributed by atoms with Crippen molar-refractivity contribution in [2.45, 2.75) is 39.3 Å². The molecule has 1 aliphatic rings. The van der Waals surface area contributed by atoms with Crippen LogP contribution < -0.4 is 20.5 Å². The third-order valence-electron chi connectivity index (χ3n) is 6.96. The van der Waals surface area contributed by atoms with Gasteiger partial charge in [0.1, 0.15) is 17.3 Å². The van der Waals surface area contributed by atoms with E-state index in [4.69, 9.17) is 19.6 Å². The number of aryl methyl sites for hydroxylation is 1. The predicted molar refractivity (Wildman–Crippen MR) is 151 cm³/mol. The summed E-state index contributed by atoms with van der Waals surface area (Å²) in [4.78, 5) is 12.4. The summed E-state index contributed by atoms with van der Waals surface area (Å²) >= 11 is 0. The summed E-state index contributed by atoms with van der Waals surface area (Å²) in [6, 6.07) is 16.4. The average molecular weight is 527 g/mol. The van der Waals surface area contributed by atoms with E-state index in [0.717, 1.165) is 39.1 Å². The number of hydrogen-bond acceptors (Lipinski definition) is 6. The Hall–Kier alpha value is -4.36. The van der Waals surface area contributed by atoms with Crippen LogP contribution in [-0.2, 0) is 0 Å². The van der Waals surface area contributed by atoms with Crippen molar-refractivity contribution < 1.29 is 23.1 Å². The predicted octanol–water partition coefficient (Wildman–Crippen LogP) is 7.28. The smallest absolute Gasteiger partial charge is 0.379 e. The van der Waals surface area contributed by atoms with Gasteiger partial charge in [-0.25, -0.2) is 9.18 Å². The summed E-state index contributed by atoms with van der Waals surface area (Å²) in [5.41, 5.74) is 13.8. The first-order chi connectivity index (χ1) is 18.6. The minimum Gasteiger partial charge on any atom is -0.496 e. The molecule has 1 aliphatic heterocycles. The summed E-state index contributed by atoms with van der Waals surface area (Å²) < 4.78 is 30.8.